The molecular weight excluding hydrogens is 580 g/mol. The molecule has 12 heteroatoms. The maximum atomic E-state index is 13.3. The van der Waals surface area contributed by atoms with Crippen molar-refractivity contribution < 1.29 is 26.9 Å². The zero-order chi connectivity index (χ0) is 28.7. The second kappa shape index (κ2) is 12.9. The number of rotatable bonds is 3. The molecule has 2 aromatic heterocycles. The predicted molar refractivity (Wildman–Crippen MR) is 159 cm³/mol. The van der Waals surface area contributed by atoms with Gasteiger partial charge in [0.1, 0.15) is 5.15 Å². The molecule has 0 spiro atoms. The molecule has 0 aliphatic carbocycles. The molecule has 0 radical (unpaired) electrons. The number of halogens is 6. The van der Waals surface area contributed by atoms with Crippen molar-refractivity contribution in [2.75, 3.05) is 0 Å². The smallest absolute Gasteiger partial charge is 0.399 e. The molecule has 41 heavy (non-hydrogen) atoms. The molecule has 3 heterocycles. The van der Waals surface area contributed by atoms with Crippen molar-refractivity contribution in [2.45, 2.75) is 66.6 Å². The fraction of sp³-hybridized carbons (Fsp3) is 0.345. The van der Waals surface area contributed by atoms with Crippen LogP contribution in [0.3, 0.4) is 0 Å². The summed E-state index contributed by atoms with van der Waals surface area (Å²) in [6.45, 7) is 14.8. The molecule has 218 valence electrons. The van der Waals surface area contributed by atoms with Crippen molar-refractivity contribution in [3.8, 4) is 0 Å². The summed E-state index contributed by atoms with van der Waals surface area (Å²) in [4.78, 5) is 11.0. The first-order valence-electron chi connectivity index (χ1n) is 11.7. The molecule has 0 atom stereocenters. The summed E-state index contributed by atoms with van der Waals surface area (Å²) < 4.78 is 63.6. The molecule has 2 aromatic carbocycles. The first kappa shape index (κ1) is 34.2. The van der Waals surface area contributed by atoms with Gasteiger partial charge in [-0.05, 0) is 57.4 Å². The molecular formula is C29H30BCl2F4N3O2. The maximum Gasteiger partial charge on any atom is 0.495 e. The van der Waals surface area contributed by atoms with Gasteiger partial charge in [-0.15, -0.1) is 4.98 Å². The molecule has 1 aliphatic heterocycles. The van der Waals surface area contributed by atoms with E-state index in [1.807, 2.05) is 27.7 Å². The topological polar surface area (TPSA) is 48.6 Å². The lowest BCUT2D eigenvalue weighted by atomic mass is 9.76. The van der Waals surface area contributed by atoms with Crippen molar-refractivity contribution in [3.05, 3.63) is 81.3 Å². The molecule has 0 saturated carbocycles. The molecule has 0 N–H and O–H groups in total. The lowest BCUT2D eigenvalue weighted by Crippen LogP contribution is -2.41. The van der Waals surface area contributed by atoms with Crippen LogP contribution in [0.15, 0.2) is 48.5 Å². The lowest BCUT2D eigenvalue weighted by Gasteiger charge is -2.32. The monoisotopic (exact) mass is 609 g/mol. The van der Waals surface area contributed by atoms with Gasteiger partial charge in [0.2, 0.25) is 0 Å². The number of benzene rings is 2. The van der Waals surface area contributed by atoms with Gasteiger partial charge in [-0.1, -0.05) is 68.9 Å². The van der Waals surface area contributed by atoms with Crippen molar-refractivity contribution in [3.63, 3.8) is 0 Å². The van der Waals surface area contributed by atoms with Crippen molar-refractivity contribution in [1.29, 1.82) is 0 Å². The van der Waals surface area contributed by atoms with Crippen LogP contribution in [0.4, 0.5) is 23.4 Å². The van der Waals surface area contributed by atoms with Gasteiger partial charge in [-0.2, -0.15) is 0 Å². The maximum absolute atomic E-state index is 13.3. The minimum atomic E-state index is -2.77. The molecule has 0 amide bonds. The third-order valence-corrected chi connectivity index (χ3v) is 7.40. The van der Waals surface area contributed by atoms with E-state index in [9.17, 15) is 17.6 Å². The number of aromatic nitrogens is 2. The van der Waals surface area contributed by atoms with Gasteiger partial charge >= 0.3 is 7.12 Å². The highest BCUT2D eigenvalue weighted by molar-refractivity contribution is 6.65. The molecule has 1 fully saturated rings. The van der Waals surface area contributed by atoms with E-state index in [1.165, 1.54) is 12.1 Å². The van der Waals surface area contributed by atoms with E-state index in [4.69, 9.17) is 39.1 Å². The zero-order valence-corrected chi connectivity index (χ0v) is 22.8. The van der Waals surface area contributed by atoms with Gasteiger partial charge in [0.05, 0.1) is 22.3 Å². The van der Waals surface area contributed by atoms with E-state index in [2.05, 4.69) is 14.8 Å². The van der Waals surface area contributed by atoms with E-state index in [1.54, 1.807) is 36.4 Å². The SMILES string of the molecule is C.C.FC(F)c1cc2c(Cl)cccc2nc1Cl.[C-]#[N+]c1nc2cccc(B3OC(C)(C)C(C)(C)O3)c2cc1C(F)F. The highest BCUT2D eigenvalue weighted by Crippen LogP contribution is 2.38. The number of hydrogen-bond acceptors (Lipinski definition) is 4. The fourth-order valence-corrected chi connectivity index (χ4v) is 4.41. The highest BCUT2D eigenvalue weighted by atomic mass is 35.5. The fourth-order valence-electron chi connectivity index (χ4n) is 3.95. The third kappa shape index (κ3) is 6.75. The van der Waals surface area contributed by atoms with Gasteiger partial charge in [-0.25, -0.2) is 22.5 Å². The minimum Gasteiger partial charge on any atom is -0.399 e. The predicted octanol–water partition coefficient (Wildman–Crippen LogP) is 9.77. The quantitative estimate of drug-likeness (QED) is 0.100. The van der Waals surface area contributed by atoms with Crippen molar-refractivity contribution in [1.82, 2.24) is 9.97 Å². The largest absolute Gasteiger partial charge is 0.495 e. The highest BCUT2D eigenvalue weighted by Gasteiger charge is 2.52. The number of alkyl halides is 4. The van der Waals surface area contributed by atoms with Crippen LogP contribution < -0.4 is 5.46 Å². The lowest BCUT2D eigenvalue weighted by molar-refractivity contribution is 0.00578. The second-order valence-corrected chi connectivity index (χ2v) is 10.6. The molecule has 1 saturated heterocycles. The average Bonchev–Trinajstić information content (AvgIpc) is 3.09. The van der Waals surface area contributed by atoms with Gasteiger partial charge in [0, 0.05) is 21.4 Å². The van der Waals surface area contributed by atoms with Gasteiger partial charge in [-0.3, -0.25) is 0 Å². The Labute approximate surface area is 247 Å². The minimum absolute atomic E-state index is 0. The first-order valence-corrected chi connectivity index (χ1v) is 12.5. The van der Waals surface area contributed by atoms with Crippen LogP contribution in [-0.4, -0.2) is 28.3 Å². The summed E-state index contributed by atoms with van der Waals surface area (Å²) in [6.07, 6.45) is -5.41. The van der Waals surface area contributed by atoms with E-state index in [-0.39, 0.29) is 37.0 Å². The Morgan fingerprint density at radius 1 is 0.805 bits per heavy atom. The van der Waals surface area contributed by atoms with Crippen LogP contribution in [0, 0.1) is 6.57 Å². The summed E-state index contributed by atoms with van der Waals surface area (Å²) in [6, 6.07) is 12.8. The summed E-state index contributed by atoms with van der Waals surface area (Å²) in [5, 5.41) is 1.20. The molecule has 0 bridgehead atoms. The van der Waals surface area contributed by atoms with Gasteiger partial charge in [0.15, 0.2) is 5.52 Å². The Morgan fingerprint density at radius 2 is 1.32 bits per heavy atom. The van der Waals surface area contributed by atoms with Crippen LogP contribution in [0.2, 0.25) is 10.2 Å². The van der Waals surface area contributed by atoms with Crippen LogP contribution in [0.25, 0.3) is 26.7 Å². The van der Waals surface area contributed by atoms with Crippen LogP contribution >= 0.6 is 23.2 Å². The van der Waals surface area contributed by atoms with Crippen LogP contribution in [-0.2, 0) is 9.31 Å². The van der Waals surface area contributed by atoms with Crippen LogP contribution in [0.1, 0.15) is 66.5 Å². The van der Waals surface area contributed by atoms with Gasteiger partial charge < -0.3 is 14.2 Å². The molecule has 5 rings (SSSR count). The number of pyridine rings is 2. The van der Waals surface area contributed by atoms with E-state index in [0.717, 1.165) is 0 Å². The summed E-state index contributed by atoms with van der Waals surface area (Å²) >= 11 is 11.5. The average molecular weight is 610 g/mol. The summed E-state index contributed by atoms with van der Waals surface area (Å²) in [5.41, 5.74) is -0.116. The number of hydrogen-bond donors (Lipinski definition) is 0. The van der Waals surface area contributed by atoms with Crippen molar-refractivity contribution in [2.24, 2.45) is 0 Å². The third-order valence-electron chi connectivity index (χ3n) is 6.77. The number of nitrogens with zero attached hydrogens (tertiary/aromatic N) is 3. The van der Waals surface area contributed by atoms with Crippen molar-refractivity contribution >= 4 is 63.4 Å². The Bertz CT molecular complexity index is 1580. The Kier molecular flexibility index (Phi) is 10.8. The van der Waals surface area contributed by atoms with Crippen LogP contribution in [0.5, 0.6) is 0 Å². The second-order valence-electron chi connectivity index (χ2n) is 9.79. The Balaban J connectivity index is 0.000000300. The molecule has 5 nitrogen and oxygen atoms in total. The summed E-state index contributed by atoms with van der Waals surface area (Å²) in [7, 11) is -0.676. The first-order chi connectivity index (χ1) is 18.3. The zero-order valence-electron chi connectivity index (χ0n) is 21.3. The molecule has 4 aromatic rings. The van der Waals surface area contributed by atoms with Gasteiger partial charge in [0.25, 0.3) is 18.7 Å². The molecule has 0 unspecified atom stereocenters. The molecule has 1 aliphatic rings. The van der Waals surface area contributed by atoms with E-state index < -0.39 is 31.2 Å². The summed E-state index contributed by atoms with van der Waals surface area (Å²) in [5.74, 6) is -0.274. The number of fused-ring (bicyclic) bond motifs is 2. The Morgan fingerprint density at radius 3 is 1.85 bits per heavy atom. The van der Waals surface area contributed by atoms with E-state index in [0.29, 0.717) is 32.3 Å². The Hall–Kier alpha value is -2.97. The van der Waals surface area contributed by atoms with E-state index >= 15 is 0 Å². The normalized spacial score (nSPS) is 15.2. The standard InChI is InChI=1S/C17H17BF2N2O2.C10H5Cl2F2N.2CH4/c1-16(2)17(3,4)24-18(23-16)12-7-6-8-13-10(12)9-11(14(19)20)15(21-5)22-13;11-7-2-1-3-8-5(7)4-6(10(13)14)9(12)15-8;;/h6-9,14H,1-4H3;1-4,10H;2*1H4.